The van der Waals surface area contributed by atoms with Crippen LogP contribution in [0.5, 0.6) is 0 Å². The fraction of sp³-hybridized carbons (Fsp3) is 1.00. The van der Waals surface area contributed by atoms with Gasteiger partial charge in [0.25, 0.3) is 0 Å². The van der Waals surface area contributed by atoms with Gasteiger partial charge in [-0.2, -0.15) is 0 Å². The summed E-state index contributed by atoms with van der Waals surface area (Å²) in [5, 5.41) is 3.38. The molecule has 1 unspecified atom stereocenters. The van der Waals surface area contributed by atoms with E-state index in [1.165, 1.54) is 6.26 Å². The van der Waals surface area contributed by atoms with E-state index in [1.54, 1.807) is 0 Å². The highest BCUT2D eigenvalue weighted by atomic mass is 32.2. The van der Waals surface area contributed by atoms with Crippen molar-refractivity contribution in [2.75, 3.05) is 31.8 Å². The number of hydrogen-bond acceptors (Lipinski definition) is 5. The third kappa shape index (κ3) is 10.3. The molecule has 0 aromatic rings. The molecule has 1 atom stereocenters. The molecule has 0 aromatic carbocycles. The standard InChI is InChI=1S/C13H29NO4S/c1-5-10-14-12(9-8-11-19(4,15)16)13(17-6-2)18-7-3/h12-14H,5-11H2,1-4H3. The molecule has 116 valence electrons. The molecule has 0 aromatic heterocycles. The summed E-state index contributed by atoms with van der Waals surface area (Å²) < 4.78 is 33.5. The monoisotopic (exact) mass is 295 g/mol. The number of nitrogens with one attached hydrogen (secondary N) is 1. The summed E-state index contributed by atoms with van der Waals surface area (Å²) >= 11 is 0. The van der Waals surface area contributed by atoms with Gasteiger partial charge in [-0.15, -0.1) is 0 Å². The van der Waals surface area contributed by atoms with Crippen LogP contribution in [-0.2, 0) is 19.3 Å². The number of hydrogen-bond donors (Lipinski definition) is 1. The Morgan fingerprint density at radius 1 is 1.11 bits per heavy atom. The van der Waals surface area contributed by atoms with E-state index in [9.17, 15) is 8.42 Å². The maximum Gasteiger partial charge on any atom is 0.172 e. The second kappa shape index (κ2) is 10.6. The van der Waals surface area contributed by atoms with Crippen LogP contribution in [0.4, 0.5) is 0 Å². The fourth-order valence-electron chi connectivity index (χ4n) is 1.84. The maximum absolute atomic E-state index is 11.2. The molecule has 0 rings (SSSR count). The molecule has 6 heteroatoms. The zero-order valence-electron chi connectivity index (χ0n) is 12.6. The minimum absolute atomic E-state index is 0.0431. The van der Waals surface area contributed by atoms with Crippen molar-refractivity contribution in [3.63, 3.8) is 0 Å². The van der Waals surface area contributed by atoms with Crippen LogP contribution in [-0.4, -0.2) is 52.5 Å². The molecule has 0 radical (unpaired) electrons. The van der Waals surface area contributed by atoms with Crippen LogP contribution in [0.1, 0.15) is 40.0 Å². The highest BCUT2D eigenvalue weighted by Crippen LogP contribution is 2.10. The van der Waals surface area contributed by atoms with E-state index in [0.717, 1.165) is 19.4 Å². The van der Waals surface area contributed by atoms with Gasteiger partial charge >= 0.3 is 0 Å². The van der Waals surface area contributed by atoms with Gasteiger partial charge in [0.1, 0.15) is 9.84 Å². The van der Waals surface area contributed by atoms with Crippen LogP contribution >= 0.6 is 0 Å². The first-order chi connectivity index (χ1) is 8.94. The van der Waals surface area contributed by atoms with E-state index >= 15 is 0 Å². The van der Waals surface area contributed by atoms with Gasteiger partial charge in [-0.25, -0.2) is 8.42 Å². The van der Waals surface area contributed by atoms with Crippen molar-refractivity contribution < 1.29 is 17.9 Å². The molecule has 0 aliphatic rings. The van der Waals surface area contributed by atoms with Crippen LogP contribution in [0.15, 0.2) is 0 Å². The van der Waals surface area contributed by atoms with Gasteiger partial charge in [-0.05, 0) is 39.7 Å². The lowest BCUT2D eigenvalue weighted by atomic mass is 10.1. The largest absolute Gasteiger partial charge is 0.351 e. The minimum Gasteiger partial charge on any atom is -0.351 e. The van der Waals surface area contributed by atoms with E-state index < -0.39 is 9.84 Å². The quantitative estimate of drug-likeness (QED) is 0.554. The highest BCUT2D eigenvalue weighted by molar-refractivity contribution is 7.90. The Morgan fingerprint density at radius 3 is 2.11 bits per heavy atom. The molecule has 0 fully saturated rings. The molecular weight excluding hydrogens is 266 g/mol. The first-order valence-electron chi connectivity index (χ1n) is 7.08. The number of ether oxygens (including phenoxy) is 2. The molecule has 5 nitrogen and oxygen atoms in total. The first-order valence-corrected chi connectivity index (χ1v) is 9.14. The lowest BCUT2D eigenvalue weighted by molar-refractivity contribution is -0.154. The third-order valence-corrected chi connectivity index (χ3v) is 3.71. The third-order valence-electron chi connectivity index (χ3n) is 2.68. The van der Waals surface area contributed by atoms with Crippen molar-refractivity contribution in [2.45, 2.75) is 52.4 Å². The van der Waals surface area contributed by atoms with E-state index in [2.05, 4.69) is 12.2 Å². The number of rotatable bonds is 12. The van der Waals surface area contributed by atoms with Crippen LogP contribution in [0.2, 0.25) is 0 Å². The SMILES string of the molecule is CCCNC(CCCS(C)(=O)=O)C(OCC)OCC. The molecule has 0 saturated heterocycles. The smallest absolute Gasteiger partial charge is 0.172 e. The van der Waals surface area contributed by atoms with Crippen molar-refractivity contribution >= 4 is 9.84 Å². The molecule has 0 heterocycles. The van der Waals surface area contributed by atoms with Crippen LogP contribution in [0.25, 0.3) is 0 Å². The maximum atomic E-state index is 11.2. The Bertz CT molecular complexity index is 300. The van der Waals surface area contributed by atoms with Gasteiger partial charge in [0.2, 0.25) is 0 Å². The van der Waals surface area contributed by atoms with Gasteiger partial charge in [-0.3, -0.25) is 0 Å². The van der Waals surface area contributed by atoms with E-state index in [1.807, 2.05) is 13.8 Å². The van der Waals surface area contributed by atoms with Crippen molar-refractivity contribution in [3.05, 3.63) is 0 Å². The Kier molecular flexibility index (Phi) is 10.5. The van der Waals surface area contributed by atoms with Crippen molar-refractivity contribution in [1.29, 1.82) is 0 Å². The van der Waals surface area contributed by atoms with Crippen LogP contribution in [0.3, 0.4) is 0 Å². The van der Waals surface area contributed by atoms with Gasteiger partial charge < -0.3 is 14.8 Å². The summed E-state index contributed by atoms with van der Waals surface area (Å²) in [4.78, 5) is 0. The van der Waals surface area contributed by atoms with Gasteiger partial charge in [0.15, 0.2) is 6.29 Å². The number of sulfone groups is 1. The fourth-order valence-corrected chi connectivity index (χ4v) is 2.53. The van der Waals surface area contributed by atoms with Crippen LogP contribution in [0, 0.1) is 0 Å². The normalized spacial score (nSPS) is 13.9. The second-order valence-corrected chi connectivity index (χ2v) is 6.87. The zero-order valence-corrected chi connectivity index (χ0v) is 13.5. The molecule has 0 aliphatic carbocycles. The molecule has 0 aliphatic heterocycles. The average molecular weight is 295 g/mol. The Balaban J connectivity index is 4.39. The first kappa shape index (κ1) is 18.8. The second-order valence-electron chi connectivity index (χ2n) is 4.61. The van der Waals surface area contributed by atoms with Gasteiger partial charge in [-0.1, -0.05) is 6.92 Å². The molecule has 0 amide bonds. The van der Waals surface area contributed by atoms with E-state index in [4.69, 9.17) is 9.47 Å². The van der Waals surface area contributed by atoms with Crippen LogP contribution < -0.4 is 5.32 Å². The molecule has 0 spiro atoms. The predicted octanol–water partition coefficient (Wildman–Crippen LogP) is 1.58. The Morgan fingerprint density at radius 2 is 1.68 bits per heavy atom. The summed E-state index contributed by atoms with van der Waals surface area (Å²) in [6.45, 7) is 8.00. The lowest BCUT2D eigenvalue weighted by Gasteiger charge is -2.27. The molecule has 0 bridgehead atoms. The Labute approximate surface area is 118 Å². The van der Waals surface area contributed by atoms with Crippen molar-refractivity contribution in [2.24, 2.45) is 0 Å². The molecule has 0 saturated carbocycles. The lowest BCUT2D eigenvalue weighted by Crippen LogP contribution is -2.43. The highest BCUT2D eigenvalue weighted by Gasteiger charge is 2.21. The topological polar surface area (TPSA) is 64.6 Å². The summed E-state index contributed by atoms with van der Waals surface area (Å²) in [5.74, 6) is 0.211. The molecule has 1 N–H and O–H groups in total. The predicted molar refractivity (Wildman–Crippen MR) is 78.1 cm³/mol. The molecule has 19 heavy (non-hydrogen) atoms. The van der Waals surface area contributed by atoms with Crippen molar-refractivity contribution in [1.82, 2.24) is 5.32 Å². The van der Waals surface area contributed by atoms with Gasteiger partial charge in [0.05, 0.1) is 6.04 Å². The van der Waals surface area contributed by atoms with Gasteiger partial charge in [0, 0.05) is 25.2 Å². The summed E-state index contributed by atoms with van der Waals surface area (Å²) in [6.07, 6.45) is 3.34. The average Bonchev–Trinajstić information content (AvgIpc) is 2.32. The molecular formula is C13H29NO4S. The van der Waals surface area contributed by atoms with E-state index in [0.29, 0.717) is 19.6 Å². The Hall–Kier alpha value is -0.170. The summed E-state index contributed by atoms with van der Waals surface area (Å²) in [7, 11) is -2.90. The summed E-state index contributed by atoms with van der Waals surface area (Å²) in [6, 6.07) is 0.0431. The zero-order chi connectivity index (χ0) is 14.7. The summed E-state index contributed by atoms with van der Waals surface area (Å²) in [5.41, 5.74) is 0. The van der Waals surface area contributed by atoms with E-state index in [-0.39, 0.29) is 18.1 Å². The van der Waals surface area contributed by atoms with Crippen molar-refractivity contribution in [3.8, 4) is 0 Å². The minimum atomic E-state index is -2.90.